The maximum atomic E-state index is 12.3. The van der Waals surface area contributed by atoms with Gasteiger partial charge in [-0.1, -0.05) is 18.2 Å². The van der Waals surface area contributed by atoms with Crippen molar-refractivity contribution in [1.82, 2.24) is 4.90 Å². The van der Waals surface area contributed by atoms with Gasteiger partial charge >= 0.3 is 0 Å². The van der Waals surface area contributed by atoms with Gasteiger partial charge in [-0.25, -0.2) is 0 Å². The molecule has 0 saturated carbocycles. The molecule has 18 heavy (non-hydrogen) atoms. The van der Waals surface area contributed by atoms with Crippen molar-refractivity contribution >= 4 is 5.91 Å². The standard InChI is InChI=1S/C14H18N2O2/c15-12-5-6-16(8-12)14(17)11-7-10-3-1-2-4-13(10)18-9-11/h1-4,11-12H,5-9,15H2/t11?,12-/m1/s1. The van der Waals surface area contributed by atoms with E-state index < -0.39 is 0 Å². The summed E-state index contributed by atoms with van der Waals surface area (Å²) in [5, 5.41) is 0. The van der Waals surface area contributed by atoms with Crippen LogP contribution < -0.4 is 10.5 Å². The minimum atomic E-state index is -0.0507. The van der Waals surface area contributed by atoms with Crippen LogP contribution in [0.15, 0.2) is 24.3 Å². The number of para-hydroxylation sites is 1. The number of likely N-dealkylation sites (tertiary alicyclic amines) is 1. The molecule has 1 unspecified atom stereocenters. The molecule has 1 aromatic carbocycles. The van der Waals surface area contributed by atoms with Gasteiger partial charge in [0, 0.05) is 19.1 Å². The van der Waals surface area contributed by atoms with Crippen molar-refractivity contribution in [1.29, 1.82) is 0 Å². The first-order chi connectivity index (χ1) is 8.74. The van der Waals surface area contributed by atoms with Crippen molar-refractivity contribution < 1.29 is 9.53 Å². The largest absolute Gasteiger partial charge is 0.492 e. The number of nitrogens with two attached hydrogens (primary N) is 1. The SMILES string of the molecule is N[C@@H]1CCN(C(=O)C2COc3ccccc3C2)C1. The third-order valence-electron chi connectivity index (χ3n) is 3.76. The van der Waals surface area contributed by atoms with Crippen molar-refractivity contribution in [2.75, 3.05) is 19.7 Å². The lowest BCUT2D eigenvalue weighted by Crippen LogP contribution is -2.40. The van der Waals surface area contributed by atoms with Gasteiger partial charge in [-0.15, -0.1) is 0 Å². The number of carbonyl (C=O) groups excluding carboxylic acids is 1. The Kier molecular flexibility index (Phi) is 2.96. The van der Waals surface area contributed by atoms with E-state index in [9.17, 15) is 4.79 Å². The number of fused-ring (bicyclic) bond motifs is 1. The molecule has 4 heteroatoms. The molecule has 2 N–H and O–H groups in total. The molecule has 2 aliphatic heterocycles. The van der Waals surface area contributed by atoms with Crippen LogP contribution >= 0.6 is 0 Å². The van der Waals surface area contributed by atoms with Crippen molar-refractivity contribution in [2.45, 2.75) is 18.9 Å². The molecule has 2 aliphatic rings. The fourth-order valence-electron chi connectivity index (χ4n) is 2.73. The van der Waals surface area contributed by atoms with Crippen molar-refractivity contribution in [2.24, 2.45) is 11.7 Å². The predicted octanol–water partition coefficient (Wildman–Crippen LogP) is 0.797. The van der Waals surface area contributed by atoms with Crippen LogP contribution in [-0.4, -0.2) is 36.5 Å². The van der Waals surface area contributed by atoms with Gasteiger partial charge in [-0.05, 0) is 24.5 Å². The molecule has 1 saturated heterocycles. The molecule has 96 valence electrons. The molecule has 0 bridgehead atoms. The van der Waals surface area contributed by atoms with Gasteiger partial charge in [-0.3, -0.25) is 4.79 Å². The number of rotatable bonds is 1. The molecule has 1 amide bonds. The van der Waals surface area contributed by atoms with Crippen LogP contribution in [0.1, 0.15) is 12.0 Å². The number of carbonyl (C=O) groups is 1. The summed E-state index contributed by atoms with van der Waals surface area (Å²) >= 11 is 0. The Bertz CT molecular complexity index is 461. The first kappa shape index (κ1) is 11.5. The quantitative estimate of drug-likeness (QED) is 0.797. The first-order valence-electron chi connectivity index (χ1n) is 6.49. The van der Waals surface area contributed by atoms with Crippen LogP contribution in [-0.2, 0) is 11.2 Å². The number of hydrogen-bond acceptors (Lipinski definition) is 3. The zero-order chi connectivity index (χ0) is 12.5. The van der Waals surface area contributed by atoms with E-state index in [1.807, 2.05) is 29.2 Å². The summed E-state index contributed by atoms with van der Waals surface area (Å²) in [6.07, 6.45) is 1.69. The normalized spacial score (nSPS) is 26.6. The second-order valence-corrected chi connectivity index (χ2v) is 5.15. The van der Waals surface area contributed by atoms with Crippen molar-refractivity contribution in [3.8, 4) is 5.75 Å². The minimum absolute atomic E-state index is 0.0507. The number of benzene rings is 1. The second kappa shape index (κ2) is 4.61. The maximum Gasteiger partial charge on any atom is 0.229 e. The zero-order valence-corrected chi connectivity index (χ0v) is 10.3. The molecular formula is C14H18N2O2. The van der Waals surface area contributed by atoms with Crippen LogP contribution in [0.25, 0.3) is 0 Å². The molecule has 0 spiro atoms. The van der Waals surface area contributed by atoms with Gasteiger partial charge in [0.15, 0.2) is 0 Å². The number of hydrogen-bond donors (Lipinski definition) is 1. The van der Waals surface area contributed by atoms with Crippen LogP contribution in [0.3, 0.4) is 0 Å². The van der Waals surface area contributed by atoms with Crippen LogP contribution in [0.2, 0.25) is 0 Å². The van der Waals surface area contributed by atoms with E-state index >= 15 is 0 Å². The lowest BCUT2D eigenvalue weighted by atomic mass is 9.95. The van der Waals surface area contributed by atoms with Crippen molar-refractivity contribution in [3.05, 3.63) is 29.8 Å². The number of nitrogens with zero attached hydrogens (tertiary/aromatic N) is 1. The van der Waals surface area contributed by atoms with Crippen LogP contribution in [0.5, 0.6) is 5.75 Å². The molecule has 1 fully saturated rings. The van der Waals surface area contributed by atoms with E-state index in [1.54, 1.807) is 0 Å². The third kappa shape index (κ3) is 2.08. The van der Waals surface area contributed by atoms with E-state index in [1.165, 1.54) is 0 Å². The third-order valence-corrected chi connectivity index (χ3v) is 3.76. The average molecular weight is 246 g/mol. The molecule has 3 rings (SSSR count). The molecule has 1 aromatic rings. The monoisotopic (exact) mass is 246 g/mol. The van der Waals surface area contributed by atoms with Gasteiger partial charge in [0.25, 0.3) is 0 Å². The topological polar surface area (TPSA) is 55.6 Å². The van der Waals surface area contributed by atoms with Gasteiger partial charge in [0.1, 0.15) is 12.4 Å². The Hall–Kier alpha value is -1.55. The highest BCUT2D eigenvalue weighted by Crippen LogP contribution is 2.28. The Morgan fingerprint density at radius 2 is 2.22 bits per heavy atom. The summed E-state index contributed by atoms with van der Waals surface area (Å²) in [6.45, 7) is 1.97. The van der Waals surface area contributed by atoms with E-state index in [-0.39, 0.29) is 17.9 Å². The summed E-state index contributed by atoms with van der Waals surface area (Å²) in [7, 11) is 0. The molecule has 4 nitrogen and oxygen atoms in total. The first-order valence-corrected chi connectivity index (χ1v) is 6.49. The van der Waals surface area contributed by atoms with E-state index in [2.05, 4.69) is 0 Å². The lowest BCUT2D eigenvalue weighted by Gasteiger charge is -2.28. The van der Waals surface area contributed by atoms with Crippen molar-refractivity contribution in [3.63, 3.8) is 0 Å². The Morgan fingerprint density at radius 1 is 1.39 bits per heavy atom. The Morgan fingerprint density at radius 3 is 3.00 bits per heavy atom. The van der Waals surface area contributed by atoms with Gasteiger partial charge in [0.2, 0.25) is 5.91 Å². The summed E-state index contributed by atoms with van der Waals surface area (Å²) in [5.74, 6) is 1.06. The average Bonchev–Trinajstić information content (AvgIpc) is 2.84. The fourth-order valence-corrected chi connectivity index (χ4v) is 2.73. The summed E-state index contributed by atoms with van der Waals surface area (Å²) < 4.78 is 5.66. The molecule has 0 aromatic heterocycles. The Balaban J connectivity index is 1.70. The Labute approximate surface area is 107 Å². The zero-order valence-electron chi connectivity index (χ0n) is 10.3. The van der Waals surface area contributed by atoms with Crippen LogP contribution in [0, 0.1) is 5.92 Å². The number of amides is 1. The summed E-state index contributed by atoms with van der Waals surface area (Å²) in [6, 6.07) is 8.08. The van der Waals surface area contributed by atoms with Gasteiger partial charge < -0.3 is 15.4 Å². The highest BCUT2D eigenvalue weighted by Gasteiger charge is 2.32. The molecular weight excluding hydrogens is 228 g/mol. The smallest absolute Gasteiger partial charge is 0.229 e. The summed E-state index contributed by atoms with van der Waals surface area (Å²) in [5.41, 5.74) is 6.97. The highest BCUT2D eigenvalue weighted by atomic mass is 16.5. The maximum absolute atomic E-state index is 12.3. The van der Waals surface area contributed by atoms with Gasteiger partial charge in [-0.2, -0.15) is 0 Å². The molecule has 2 atom stereocenters. The number of ether oxygens (including phenoxy) is 1. The van der Waals surface area contributed by atoms with Gasteiger partial charge in [0.05, 0.1) is 5.92 Å². The molecule has 2 heterocycles. The molecule has 0 aliphatic carbocycles. The van der Waals surface area contributed by atoms with Crippen LogP contribution in [0.4, 0.5) is 0 Å². The predicted molar refractivity (Wildman–Crippen MR) is 68.3 cm³/mol. The molecule has 0 radical (unpaired) electrons. The van der Waals surface area contributed by atoms with E-state index in [0.717, 1.165) is 30.7 Å². The second-order valence-electron chi connectivity index (χ2n) is 5.15. The fraction of sp³-hybridized carbons (Fsp3) is 0.500. The minimum Gasteiger partial charge on any atom is -0.492 e. The highest BCUT2D eigenvalue weighted by molar-refractivity contribution is 5.80. The van der Waals surface area contributed by atoms with E-state index in [4.69, 9.17) is 10.5 Å². The summed E-state index contributed by atoms with van der Waals surface area (Å²) in [4.78, 5) is 14.2. The van der Waals surface area contributed by atoms with E-state index in [0.29, 0.717) is 13.2 Å². The lowest BCUT2D eigenvalue weighted by molar-refractivity contribution is -0.135.